The largest absolute Gasteiger partial charge is 0.497 e. The van der Waals surface area contributed by atoms with Gasteiger partial charge >= 0.3 is 0 Å². The number of ether oxygens (including phenoxy) is 2. The van der Waals surface area contributed by atoms with Gasteiger partial charge in [-0.1, -0.05) is 18.6 Å². The van der Waals surface area contributed by atoms with Gasteiger partial charge in [0.25, 0.3) is 5.91 Å². The molecule has 0 aliphatic carbocycles. The second-order valence-corrected chi connectivity index (χ2v) is 9.09. The molecule has 1 heterocycles. The molecule has 1 saturated heterocycles. The highest BCUT2D eigenvalue weighted by molar-refractivity contribution is 7.89. The summed E-state index contributed by atoms with van der Waals surface area (Å²) in [4.78, 5) is 12.6. The first-order valence-corrected chi connectivity index (χ1v) is 11.5. The molecule has 1 fully saturated rings. The zero-order valence-electron chi connectivity index (χ0n) is 17.4. The number of rotatable bonds is 8. The van der Waals surface area contributed by atoms with Crippen LogP contribution in [0.4, 0.5) is 0 Å². The summed E-state index contributed by atoms with van der Waals surface area (Å²) in [5, 5.41) is 2.85. The maximum atomic E-state index is 13.1. The number of benzene rings is 2. The predicted octanol–water partition coefficient (Wildman–Crippen LogP) is 2.85. The van der Waals surface area contributed by atoms with E-state index in [4.69, 9.17) is 9.47 Å². The summed E-state index contributed by atoms with van der Waals surface area (Å²) in [5.74, 6) is 0.708. The summed E-state index contributed by atoms with van der Waals surface area (Å²) in [6, 6.07) is 12.2. The third kappa shape index (κ3) is 5.12. The lowest BCUT2D eigenvalue weighted by Gasteiger charge is -2.26. The Morgan fingerprint density at radius 3 is 2.33 bits per heavy atom. The molecule has 1 N–H and O–H groups in total. The van der Waals surface area contributed by atoms with Gasteiger partial charge in [-0.2, -0.15) is 4.31 Å². The van der Waals surface area contributed by atoms with Crippen LogP contribution in [0.1, 0.15) is 35.2 Å². The normalized spacial score (nSPS) is 14.9. The fourth-order valence-corrected chi connectivity index (χ4v) is 5.18. The van der Waals surface area contributed by atoms with Crippen molar-refractivity contribution >= 4 is 15.9 Å². The van der Waals surface area contributed by atoms with E-state index in [9.17, 15) is 13.2 Å². The summed E-state index contributed by atoms with van der Waals surface area (Å²) in [5.41, 5.74) is 1.36. The standard InChI is InChI=1S/C22H28N2O5S/c1-28-19-9-6-17(7-10-19)12-13-23-22(25)18-8-11-20(29-2)21(16-18)30(26,27)24-14-4-3-5-15-24/h6-11,16H,3-5,12-15H2,1-2H3,(H,23,25). The van der Waals surface area contributed by atoms with E-state index in [-0.39, 0.29) is 16.6 Å². The van der Waals surface area contributed by atoms with Gasteiger partial charge in [0.1, 0.15) is 16.4 Å². The molecule has 3 rings (SSSR count). The lowest BCUT2D eigenvalue weighted by molar-refractivity contribution is 0.0954. The number of hydrogen-bond acceptors (Lipinski definition) is 5. The minimum Gasteiger partial charge on any atom is -0.497 e. The molecule has 0 atom stereocenters. The number of carbonyl (C=O) groups excluding carboxylic acids is 1. The minimum atomic E-state index is -3.71. The third-order valence-electron chi connectivity index (χ3n) is 5.22. The second-order valence-electron chi connectivity index (χ2n) is 7.18. The van der Waals surface area contributed by atoms with E-state index < -0.39 is 10.0 Å². The molecule has 30 heavy (non-hydrogen) atoms. The quantitative estimate of drug-likeness (QED) is 0.693. The summed E-state index contributed by atoms with van der Waals surface area (Å²) in [6.45, 7) is 1.42. The van der Waals surface area contributed by atoms with Gasteiger partial charge in [0.05, 0.1) is 14.2 Å². The molecule has 1 amide bonds. The molecular weight excluding hydrogens is 404 g/mol. The molecule has 162 valence electrons. The van der Waals surface area contributed by atoms with Gasteiger partial charge in [0.15, 0.2) is 0 Å². The number of nitrogens with one attached hydrogen (secondary N) is 1. The summed E-state index contributed by atoms with van der Waals surface area (Å²) >= 11 is 0. The number of methoxy groups -OCH3 is 2. The molecule has 0 bridgehead atoms. The molecule has 1 aliphatic heterocycles. The SMILES string of the molecule is COc1ccc(CCNC(=O)c2ccc(OC)c(S(=O)(=O)N3CCCCC3)c2)cc1. The predicted molar refractivity (Wildman–Crippen MR) is 115 cm³/mol. The highest BCUT2D eigenvalue weighted by atomic mass is 32.2. The van der Waals surface area contributed by atoms with Crippen molar-refractivity contribution in [2.75, 3.05) is 33.9 Å². The fraction of sp³-hybridized carbons (Fsp3) is 0.409. The highest BCUT2D eigenvalue weighted by Crippen LogP contribution is 2.29. The Hall–Kier alpha value is -2.58. The third-order valence-corrected chi connectivity index (χ3v) is 7.14. The van der Waals surface area contributed by atoms with Crippen LogP contribution in [0.5, 0.6) is 11.5 Å². The zero-order valence-corrected chi connectivity index (χ0v) is 18.2. The maximum absolute atomic E-state index is 13.1. The average Bonchev–Trinajstić information content (AvgIpc) is 2.79. The van der Waals surface area contributed by atoms with Gasteiger partial charge in [0.2, 0.25) is 10.0 Å². The molecule has 0 spiro atoms. The fourth-order valence-electron chi connectivity index (χ4n) is 3.48. The second kappa shape index (κ2) is 9.95. The molecular formula is C22H28N2O5S. The first-order valence-electron chi connectivity index (χ1n) is 10.0. The lowest BCUT2D eigenvalue weighted by atomic mass is 10.1. The van der Waals surface area contributed by atoms with Crippen molar-refractivity contribution in [2.24, 2.45) is 0 Å². The van der Waals surface area contributed by atoms with Crippen molar-refractivity contribution in [3.8, 4) is 11.5 Å². The number of carbonyl (C=O) groups is 1. The van der Waals surface area contributed by atoms with Gasteiger partial charge < -0.3 is 14.8 Å². The molecule has 8 heteroatoms. The molecule has 7 nitrogen and oxygen atoms in total. The van der Waals surface area contributed by atoms with Gasteiger partial charge in [0, 0.05) is 25.2 Å². The number of hydrogen-bond donors (Lipinski definition) is 1. The van der Waals surface area contributed by atoms with Crippen LogP contribution in [0.2, 0.25) is 0 Å². The van der Waals surface area contributed by atoms with Crippen LogP contribution in [0, 0.1) is 0 Å². The van der Waals surface area contributed by atoms with Crippen molar-refractivity contribution in [1.82, 2.24) is 9.62 Å². The molecule has 1 aliphatic rings. The Bertz CT molecular complexity index is 968. The number of piperidine rings is 1. The summed E-state index contributed by atoms with van der Waals surface area (Å²) in [6.07, 6.45) is 3.37. The van der Waals surface area contributed by atoms with Gasteiger partial charge in [-0.05, 0) is 55.2 Å². The first kappa shape index (κ1) is 22.1. The number of amides is 1. The van der Waals surface area contributed by atoms with Crippen molar-refractivity contribution in [3.63, 3.8) is 0 Å². The Kier molecular flexibility index (Phi) is 7.33. The number of sulfonamides is 1. The molecule has 0 aromatic heterocycles. The van der Waals surface area contributed by atoms with Gasteiger partial charge in [-0.25, -0.2) is 8.42 Å². The summed E-state index contributed by atoms with van der Waals surface area (Å²) in [7, 11) is -0.670. The zero-order chi connectivity index (χ0) is 21.6. The Balaban J connectivity index is 1.70. The van der Waals surface area contributed by atoms with E-state index in [0.717, 1.165) is 30.6 Å². The van der Waals surface area contributed by atoms with E-state index in [0.29, 0.717) is 31.6 Å². The molecule has 2 aromatic carbocycles. The van der Waals surface area contributed by atoms with Crippen LogP contribution >= 0.6 is 0 Å². The summed E-state index contributed by atoms with van der Waals surface area (Å²) < 4.78 is 38.1. The van der Waals surface area contributed by atoms with Crippen LogP contribution < -0.4 is 14.8 Å². The Labute approximate surface area is 178 Å². The van der Waals surface area contributed by atoms with E-state index in [2.05, 4.69) is 5.32 Å². The van der Waals surface area contributed by atoms with Crippen molar-refractivity contribution in [2.45, 2.75) is 30.6 Å². The lowest BCUT2D eigenvalue weighted by Crippen LogP contribution is -2.36. The topological polar surface area (TPSA) is 84.9 Å². The van der Waals surface area contributed by atoms with Crippen LogP contribution in [0.3, 0.4) is 0 Å². The van der Waals surface area contributed by atoms with E-state index >= 15 is 0 Å². The van der Waals surface area contributed by atoms with Crippen LogP contribution in [0.25, 0.3) is 0 Å². The highest BCUT2D eigenvalue weighted by Gasteiger charge is 2.29. The van der Waals surface area contributed by atoms with Crippen molar-refractivity contribution < 1.29 is 22.7 Å². The Morgan fingerprint density at radius 1 is 1.00 bits per heavy atom. The maximum Gasteiger partial charge on any atom is 0.251 e. The van der Waals surface area contributed by atoms with Crippen LogP contribution in [0.15, 0.2) is 47.4 Å². The molecule has 0 saturated carbocycles. The van der Waals surface area contributed by atoms with Gasteiger partial charge in [-0.15, -0.1) is 0 Å². The van der Waals surface area contributed by atoms with E-state index in [1.807, 2.05) is 24.3 Å². The van der Waals surface area contributed by atoms with Crippen LogP contribution in [-0.4, -0.2) is 52.5 Å². The van der Waals surface area contributed by atoms with Crippen molar-refractivity contribution in [1.29, 1.82) is 0 Å². The van der Waals surface area contributed by atoms with Crippen molar-refractivity contribution in [3.05, 3.63) is 53.6 Å². The first-order chi connectivity index (χ1) is 14.5. The van der Waals surface area contributed by atoms with Crippen LogP contribution in [-0.2, 0) is 16.4 Å². The molecule has 2 aromatic rings. The minimum absolute atomic E-state index is 0.0368. The van der Waals surface area contributed by atoms with Gasteiger partial charge in [-0.3, -0.25) is 4.79 Å². The molecule has 0 unspecified atom stereocenters. The molecule has 0 radical (unpaired) electrons. The smallest absolute Gasteiger partial charge is 0.251 e. The van der Waals surface area contributed by atoms with E-state index in [1.54, 1.807) is 13.2 Å². The van der Waals surface area contributed by atoms with E-state index in [1.165, 1.54) is 23.5 Å². The Morgan fingerprint density at radius 2 is 1.70 bits per heavy atom. The average molecular weight is 433 g/mol. The number of nitrogens with zero attached hydrogens (tertiary/aromatic N) is 1. The monoisotopic (exact) mass is 432 g/mol.